The number of rotatable bonds is 7. The highest BCUT2D eigenvalue weighted by Gasteiger charge is 2.22. The number of carbonyl (C=O) groups is 2. The molecule has 0 bridgehead atoms. The van der Waals surface area contributed by atoms with Crippen LogP contribution in [-0.2, 0) is 9.59 Å². The van der Waals surface area contributed by atoms with E-state index in [1.165, 1.54) is 4.90 Å². The standard InChI is InChI=1S/C14H17ClN2O3/c15-10-2-1-3-12(8-10)17(9-14(19)20)13(18)6-7-16-11-4-5-11/h1-3,8,11,16H,4-7,9H2,(H,19,20). The summed E-state index contributed by atoms with van der Waals surface area (Å²) < 4.78 is 0. The highest BCUT2D eigenvalue weighted by molar-refractivity contribution is 6.30. The molecule has 0 spiro atoms. The van der Waals surface area contributed by atoms with Crippen molar-refractivity contribution in [3.63, 3.8) is 0 Å². The van der Waals surface area contributed by atoms with Crippen molar-refractivity contribution in [1.82, 2.24) is 5.32 Å². The molecule has 1 aliphatic carbocycles. The van der Waals surface area contributed by atoms with Crippen LogP contribution in [0.25, 0.3) is 0 Å². The van der Waals surface area contributed by atoms with Crippen LogP contribution in [0.15, 0.2) is 24.3 Å². The van der Waals surface area contributed by atoms with E-state index in [2.05, 4.69) is 5.32 Å². The molecule has 0 radical (unpaired) electrons. The van der Waals surface area contributed by atoms with Crippen LogP contribution in [0.5, 0.6) is 0 Å². The molecule has 0 aliphatic heterocycles. The molecule has 5 nitrogen and oxygen atoms in total. The van der Waals surface area contributed by atoms with Crippen LogP contribution in [0.3, 0.4) is 0 Å². The number of benzene rings is 1. The van der Waals surface area contributed by atoms with E-state index in [0.29, 0.717) is 23.3 Å². The lowest BCUT2D eigenvalue weighted by atomic mass is 10.2. The van der Waals surface area contributed by atoms with Crippen molar-refractivity contribution in [2.24, 2.45) is 0 Å². The first-order valence-corrected chi connectivity index (χ1v) is 6.95. The Morgan fingerprint density at radius 1 is 1.40 bits per heavy atom. The highest BCUT2D eigenvalue weighted by atomic mass is 35.5. The molecule has 20 heavy (non-hydrogen) atoms. The molecule has 0 heterocycles. The predicted molar refractivity (Wildman–Crippen MR) is 77.1 cm³/mol. The monoisotopic (exact) mass is 296 g/mol. The van der Waals surface area contributed by atoms with Crippen molar-refractivity contribution in [3.8, 4) is 0 Å². The van der Waals surface area contributed by atoms with Gasteiger partial charge in [0, 0.05) is 29.7 Å². The van der Waals surface area contributed by atoms with E-state index in [-0.39, 0.29) is 18.9 Å². The van der Waals surface area contributed by atoms with Crippen LogP contribution in [0, 0.1) is 0 Å². The molecule has 1 amide bonds. The Morgan fingerprint density at radius 3 is 2.75 bits per heavy atom. The van der Waals surface area contributed by atoms with Crippen molar-refractivity contribution in [2.75, 3.05) is 18.0 Å². The summed E-state index contributed by atoms with van der Waals surface area (Å²) in [7, 11) is 0. The van der Waals surface area contributed by atoms with Gasteiger partial charge in [0.15, 0.2) is 0 Å². The van der Waals surface area contributed by atoms with Crippen LogP contribution in [-0.4, -0.2) is 36.1 Å². The van der Waals surface area contributed by atoms with Gasteiger partial charge in [-0.05, 0) is 31.0 Å². The molecule has 1 aromatic carbocycles. The molecule has 1 fully saturated rings. The minimum atomic E-state index is -1.05. The fraction of sp³-hybridized carbons (Fsp3) is 0.429. The lowest BCUT2D eigenvalue weighted by Gasteiger charge is -2.21. The Labute approximate surface area is 122 Å². The van der Waals surface area contributed by atoms with Gasteiger partial charge < -0.3 is 15.3 Å². The van der Waals surface area contributed by atoms with Gasteiger partial charge in [0.05, 0.1) is 0 Å². The first-order chi connectivity index (χ1) is 9.56. The number of anilines is 1. The zero-order valence-electron chi connectivity index (χ0n) is 11.0. The van der Waals surface area contributed by atoms with Gasteiger partial charge in [-0.1, -0.05) is 17.7 Å². The summed E-state index contributed by atoms with van der Waals surface area (Å²) in [5.74, 6) is -1.27. The third kappa shape index (κ3) is 4.51. The molecule has 2 N–H and O–H groups in total. The van der Waals surface area contributed by atoms with Crippen LogP contribution >= 0.6 is 11.6 Å². The maximum Gasteiger partial charge on any atom is 0.323 e. The number of amides is 1. The Kier molecular flexibility index (Phi) is 4.98. The molecule has 0 saturated heterocycles. The normalized spacial score (nSPS) is 14.1. The molecule has 6 heteroatoms. The van der Waals surface area contributed by atoms with Crippen LogP contribution in [0.4, 0.5) is 5.69 Å². The number of carboxylic acids is 1. The number of nitrogens with zero attached hydrogens (tertiary/aromatic N) is 1. The number of carbonyl (C=O) groups excluding carboxylic acids is 1. The van der Waals surface area contributed by atoms with Gasteiger partial charge in [-0.2, -0.15) is 0 Å². The average molecular weight is 297 g/mol. The van der Waals surface area contributed by atoms with Crippen molar-refractivity contribution in [1.29, 1.82) is 0 Å². The second kappa shape index (κ2) is 6.72. The quantitative estimate of drug-likeness (QED) is 0.806. The van der Waals surface area contributed by atoms with Gasteiger partial charge in [0.1, 0.15) is 6.54 Å². The summed E-state index contributed by atoms with van der Waals surface area (Å²) in [5.41, 5.74) is 0.510. The van der Waals surface area contributed by atoms with E-state index in [0.717, 1.165) is 12.8 Å². The molecule has 0 unspecified atom stereocenters. The third-order valence-electron chi connectivity index (χ3n) is 3.06. The van der Waals surface area contributed by atoms with Crippen LogP contribution in [0.2, 0.25) is 5.02 Å². The maximum atomic E-state index is 12.2. The van der Waals surface area contributed by atoms with Gasteiger partial charge in [0.25, 0.3) is 0 Å². The molecule has 0 aromatic heterocycles. The van der Waals surface area contributed by atoms with E-state index in [1.54, 1.807) is 24.3 Å². The van der Waals surface area contributed by atoms with Gasteiger partial charge in [-0.15, -0.1) is 0 Å². The Balaban J connectivity index is 2.01. The third-order valence-corrected chi connectivity index (χ3v) is 3.30. The maximum absolute atomic E-state index is 12.2. The largest absolute Gasteiger partial charge is 0.480 e. The zero-order valence-corrected chi connectivity index (χ0v) is 11.8. The Hall–Kier alpha value is -1.59. The summed E-state index contributed by atoms with van der Waals surface area (Å²) in [5, 5.41) is 12.7. The second-order valence-electron chi connectivity index (χ2n) is 4.83. The van der Waals surface area contributed by atoms with E-state index >= 15 is 0 Å². The van der Waals surface area contributed by atoms with E-state index in [9.17, 15) is 9.59 Å². The van der Waals surface area contributed by atoms with Crippen molar-refractivity contribution in [2.45, 2.75) is 25.3 Å². The second-order valence-corrected chi connectivity index (χ2v) is 5.27. The minimum absolute atomic E-state index is 0.220. The fourth-order valence-electron chi connectivity index (χ4n) is 1.91. The zero-order chi connectivity index (χ0) is 14.5. The Bertz CT molecular complexity index is 503. The topological polar surface area (TPSA) is 69.6 Å². The van der Waals surface area contributed by atoms with Crippen LogP contribution in [0.1, 0.15) is 19.3 Å². The molecule has 1 saturated carbocycles. The van der Waals surface area contributed by atoms with E-state index < -0.39 is 5.97 Å². The number of carboxylic acid groups (broad SMARTS) is 1. The number of aliphatic carboxylic acids is 1. The van der Waals surface area contributed by atoms with Crippen molar-refractivity contribution in [3.05, 3.63) is 29.3 Å². The lowest BCUT2D eigenvalue weighted by Crippen LogP contribution is -2.37. The van der Waals surface area contributed by atoms with Crippen LogP contribution < -0.4 is 10.2 Å². The Morgan fingerprint density at radius 2 is 2.15 bits per heavy atom. The van der Waals surface area contributed by atoms with Gasteiger partial charge in [-0.3, -0.25) is 9.59 Å². The molecule has 108 valence electrons. The highest BCUT2D eigenvalue weighted by Crippen LogP contribution is 2.21. The smallest absolute Gasteiger partial charge is 0.323 e. The number of nitrogens with one attached hydrogen (secondary N) is 1. The van der Waals surface area contributed by atoms with Gasteiger partial charge >= 0.3 is 5.97 Å². The molecule has 2 rings (SSSR count). The summed E-state index contributed by atoms with van der Waals surface area (Å²) in [6, 6.07) is 7.19. The molecule has 0 atom stereocenters. The average Bonchev–Trinajstić information content (AvgIpc) is 3.19. The van der Waals surface area contributed by atoms with Gasteiger partial charge in [-0.25, -0.2) is 0 Å². The number of hydrogen-bond acceptors (Lipinski definition) is 3. The van der Waals surface area contributed by atoms with Crippen molar-refractivity contribution >= 4 is 29.2 Å². The first-order valence-electron chi connectivity index (χ1n) is 6.57. The van der Waals surface area contributed by atoms with E-state index in [1.807, 2.05) is 0 Å². The fourth-order valence-corrected chi connectivity index (χ4v) is 2.09. The predicted octanol–water partition coefficient (Wildman–Crippen LogP) is 1.90. The minimum Gasteiger partial charge on any atom is -0.480 e. The van der Waals surface area contributed by atoms with E-state index in [4.69, 9.17) is 16.7 Å². The summed E-state index contributed by atoms with van der Waals surface area (Å²) in [6.07, 6.45) is 2.58. The number of hydrogen-bond donors (Lipinski definition) is 2. The summed E-state index contributed by atoms with van der Waals surface area (Å²) in [6.45, 7) is 0.211. The summed E-state index contributed by atoms with van der Waals surface area (Å²) >= 11 is 5.89. The molecular formula is C14H17ClN2O3. The molecule has 1 aliphatic rings. The lowest BCUT2D eigenvalue weighted by molar-refractivity contribution is -0.136. The SMILES string of the molecule is O=C(O)CN(C(=O)CCNC1CC1)c1cccc(Cl)c1. The molecule has 1 aromatic rings. The first kappa shape index (κ1) is 14.8. The van der Waals surface area contributed by atoms with Crippen molar-refractivity contribution < 1.29 is 14.7 Å². The number of halogens is 1. The molecular weight excluding hydrogens is 280 g/mol. The van der Waals surface area contributed by atoms with Gasteiger partial charge in [0.2, 0.25) is 5.91 Å². The summed E-state index contributed by atoms with van der Waals surface area (Å²) in [4.78, 5) is 24.3.